The van der Waals surface area contributed by atoms with Gasteiger partial charge in [-0.15, -0.1) is 0 Å². The monoisotopic (exact) mass is 468 g/mol. The van der Waals surface area contributed by atoms with Crippen LogP contribution in [0.3, 0.4) is 0 Å². The van der Waals surface area contributed by atoms with Crippen molar-refractivity contribution in [1.82, 2.24) is 0 Å². The minimum Gasteiger partial charge on any atom is -0.420 e. The summed E-state index contributed by atoms with van der Waals surface area (Å²) in [6.45, 7) is 16.7. The highest BCUT2D eigenvalue weighted by atomic mass is 28.5. The van der Waals surface area contributed by atoms with Crippen LogP contribution in [0.4, 0.5) is 0 Å². The Kier molecular flexibility index (Phi) is 18.9. The molecule has 0 unspecified atom stereocenters. The molecule has 0 amide bonds. The molecule has 0 rings (SSSR count). The summed E-state index contributed by atoms with van der Waals surface area (Å²) in [7, 11) is -5.92. The van der Waals surface area contributed by atoms with Gasteiger partial charge in [-0.3, -0.25) is 0 Å². The van der Waals surface area contributed by atoms with E-state index in [4.69, 9.17) is 22.1 Å². The molecule has 0 saturated heterocycles. The van der Waals surface area contributed by atoms with Crippen LogP contribution in [0.25, 0.3) is 0 Å². The summed E-state index contributed by atoms with van der Waals surface area (Å²) in [5, 5.41) is 0. The van der Waals surface area contributed by atoms with Crippen molar-refractivity contribution in [2.75, 3.05) is 13.2 Å². The zero-order chi connectivity index (χ0) is 21.3. The number of unbranched alkanes of at least 4 members (excludes halogenated alkanes) is 8. The first kappa shape index (κ1) is 28.7. The Morgan fingerprint density at radius 2 is 0.929 bits per heavy atom. The molecular weight excluding hydrogens is 421 g/mol. The Bertz CT molecular complexity index is 320. The largest absolute Gasteiger partial charge is 0.468 e. The van der Waals surface area contributed by atoms with Crippen LogP contribution in [0.1, 0.15) is 64.7 Å². The van der Waals surface area contributed by atoms with Gasteiger partial charge in [-0.2, -0.15) is 0 Å². The van der Waals surface area contributed by atoms with Crippen LogP contribution in [0.15, 0.2) is 0 Å². The third-order valence-electron chi connectivity index (χ3n) is 4.16. The summed E-state index contributed by atoms with van der Waals surface area (Å²) >= 11 is 0. The number of hydrogen-bond acceptors (Lipinski definition) is 5. The van der Waals surface area contributed by atoms with E-state index in [2.05, 4.69) is 39.3 Å². The Hall–Kier alpha value is 0.668. The molecule has 0 aromatic rings. The van der Waals surface area contributed by atoms with Gasteiger partial charge in [0.05, 0.1) is 13.2 Å². The van der Waals surface area contributed by atoms with E-state index >= 15 is 0 Å². The molecule has 0 bridgehead atoms. The van der Waals surface area contributed by atoms with Gasteiger partial charge in [-0.25, -0.2) is 9.78 Å². The number of hydrogen-bond donors (Lipinski definition) is 0. The van der Waals surface area contributed by atoms with Crippen LogP contribution in [0.2, 0.25) is 45.3 Å². The van der Waals surface area contributed by atoms with E-state index in [1.165, 1.54) is 51.4 Å². The van der Waals surface area contributed by atoms with Gasteiger partial charge >= 0.3 is 8.80 Å². The van der Waals surface area contributed by atoms with Gasteiger partial charge in [0.25, 0.3) is 0 Å². The van der Waals surface area contributed by atoms with Crippen LogP contribution in [-0.4, -0.2) is 49.1 Å². The quantitative estimate of drug-likeness (QED) is 0.103. The van der Waals surface area contributed by atoms with E-state index in [0.717, 1.165) is 19.1 Å². The van der Waals surface area contributed by atoms with E-state index in [1.54, 1.807) is 0 Å². The lowest BCUT2D eigenvalue weighted by molar-refractivity contribution is -0.291. The van der Waals surface area contributed by atoms with Crippen LogP contribution < -0.4 is 0 Å². The summed E-state index contributed by atoms with van der Waals surface area (Å²) in [6.07, 6.45) is 11.4. The van der Waals surface area contributed by atoms with Gasteiger partial charge in [0.2, 0.25) is 0 Å². The molecule has 0 N–H and O–H groups in total. The topological polar surface area (TPSA) is 46.2 Å². The van der Waals surface area contributed by atoms with E-state index in [1.807, 2.05) is 6.92 Å². The van der Waals surface area contributed by atoms with Crippen LogP contribution >= 0.6 is 0 Å². The second-order valence-corrected chi connectivity index (χ2v) is 19.3. The molecule has 0 aliphatic heterocycles. The van der Waals surface area contributed by atoms with Gasteiger partial charge in [0.15, 0.2) is 27.1 Å². The lowest BCUT2D eigenvalue weighted by Gasteiger charge is -2.35. The average Bonchev–Trinajstić information content (AvgIpc) is 2.57. The summed E-state index contributed by atoms with van der Waals surface area (Å²) < 4.78 is 19.4. The fraction of sp³-hybridized carbons (Fsp3) is 1.00. The normalized spacial score (nSPS) is 12.6. The van der Waals surface area contributed by atoms with E-state index in [-0.39, 0.29) is 0 Å². The molecule has 0 aromatic carbocycles. The minimum absolute atomic E-state index is 0.631. The van der Waals surface area contributed by atoms with E-state index in [0.29, 0.717) is 6.61 Å². The minimum atomic E-state index is -2.42. The standard InChI is InChI=1S/C19H48O5Si4/c1-8-20-21-18-16-14-12-10-9-11-13-15-17-19-28(22-25(2)3,23-26(4)5)24-27(6)7/h25-27H,8-19H2,1-7H3. The highest BCUT2D eigenvalue weighted by Crippen LogP contribution is 2.23. The maximum absolute atomic E-state index is 6.45. The summed E-state index contributed by atoms with van der Waals surface area (Å²) in [6, 6.07) is 1.02. The predicted octanol–water partition coefficient (Wildman–Crippen LogP) is 5.40. The van der Waals surface area contributed by atoms with Crippen molar-refractivity contribution < 1.29 is 22.1 Å². The van der Waals surface area contributed by atoms with Gasteiger partial charge in [-0.05, 0) is 59.0 Å². The third-order valence-corrected chi connectivity index (χ3v) is 15.1. The fourth-order valence-electron chi connectivity index (χ4n) is 3.22. The highest BCUT2D eigenvalue weighted by Gasteiger charge is 2.42. The van der Waals surface area contributed by atoms with Crippen molar-refractivity contribution in [2.45, 2.75) is 110 Å². The van der Waals surface area contributed by atoms with Crippen molar-refractivity contribution in [3.8, 4) is 0 Å². The van der Waals surface area contributed by atoms with E-state index < -0.39 is 35.9 Å². The highest BCUT2D eigenvalue weighted by molar-refractivity contribution is 6.79. The zero-order valence-corrected chi connectivity index (χ0v) is 24.2. The smallest absolute Gasteiger partial charge is 0.420 e. The van der Waals surface area contributed by atoms with Crippen molar-refractivity contribution >= 4 is 35.9 Å². The first-order chi connectivity index (χ1) is 13.3. The molecule has 0 aliphatic rings. The molecule has 5 nitrogen and oxygen atoms in total. The molecule has 0 spiro atoms. The molecule has 170 valence electrons. The molecule has 9 heteroatoms. The molecule has 28 heavy (non-hydrogen) atoms. The van der Waals surface area contributed by atoms with Gasteiger partial charge in [0, 0.05) is 6.04 Å². The Balaban J connectivity index is 3.94. The second-order valence-electron chi connectivity index (χ2n) is 8.34. The Labute approximate surface area is 181 Å². The first-order valence-electron chi connectivity index (χ1n) is 11.6. The Morgan fingerprint density at radius 3 is 1.32 bits per heavy atom. The molecule has 0 atom stereocenters. The van der Waals surface area contributed by atoms with Crippen molar-refractivity contribution in [2.24, 2.45) is 0 Å². The van der Waals surface area contributed by atoms with Crippen LogP contribution in [0.5, 0.6) is 0 Å². The Morgan fingerprint density at radius 1 is 0.536 bits per heavy atom. The zero-order valence-electron chi connectivity index (χ0n) is 19.8. The number of rotatable bonds is 20. The van der Waals surface area contributed by atoms with Crippen molar-refractivity contribution in [3.63, 3.8) is 0 Å². The lowest BCUT2D eigenvalue weighted by Crippen LogP contribution is -2.53. The average molecular weight is 469 g/mol. The molecule has 0 saturated carbocycles. The summed E-state index contributed by atoms with van der Waals surface area (Å²) in [5.41, 5.74) is 0. The molecule has 0 radical (unpaired) electrons. The molecule has 0 fully saturated rings. The predicted molar refractivity (Wildman–Crippen MR) is 130 cm³/mol. The second kappa shape index (κ2) is 18.4. The SMILES string of the molecule is CCOOCCCCCCCCCCC[Si](O[SiH](C)C)(O[SiH](C)C)O[SiH](C)C. The van der Waals surface area contributed by atoms with Gasteiger partial charge in [-0.1, -0.05) is 44.9 Å². The maximum atomic E-state index is 6.45. The maximum Gasteiger partial charge on any atom is 0.468 e. The molecular formula is C19H48O5Si4. The lowest BCUT2D eigenvalue weighted by atomic mass is 10.1. The molecule has 0 aromatic heterocycles. The van der Waals surface area contributed by atoms with Crippen LogP contribution in [0, 0.1) is 0 Å². The summed E-state index contributed by atoms with van der Waals surface area (Å²) in [4.78, 5) is 9.92. The molecule has 0 heterocycles. The van der Waals surface area contributed by atoms with Crippen molar-refractivity contribution in [3.05, 3.63) is 0 Å². The van der Waals surface area contributed by atoms with Gasteiger partial charge in [0.1, 0.15) is 0 Å². The first-order valence-corrected chi connectivity index (χ1v) is 21.9. The van der Waals surface area contributed by atoms with Gasteiger partial charge < -0.3 is 12.3 Å². The van der Waals surface area contributed by atoms with Crippen molar-refractivity contribution in [1.29, 1.82) is 0 Å². The van der Waals surface area contributed by atoms with E-state index in [9.17, 15) is 0 Å². The van der Waals surface area contributed by atoms with Crippen LogP contribution in [-0.2, 0) is 22.1 Å². The third kappa shape index (κ3) is 17.5. The molecule has 0 aliphatic carbocycles. The fourth-order valence-corrected chi connectivity index (χ4v) is 16.1. The summed E-state index contributed by atoms with van der Waals surface area (Å²) in [5.74, 6) is 0.